The fourth-order valence-corrected chi connectivity index (χ4v) is 2.22. The predicted octanol–water partition coefficient (Wildman–Crippen LogP) is 3.79. The van der Waals surface area contributed by atoms with Gasteiger partial charge in [-0.2, -0.15) is 8.78 Å². The van der Waals surface area contributed by atoms with Gasteiger partial charge < -0.3 is 19.5 Å². The first kappa shape index (κ1) is 19.2. The number of hydrogen-bond donors (Lipinski definition) is 1. The summed E-state index contributed by atoms with van der Waals surface area (Å²) in [5.74, 6) is 0.527. The third-order valence-electron chi connectivity index (χ3n) is 3.41. The van der Waals surface area contributed by atoms with Crippen LogP contribution in [0, 0.1) is 0 Å². The second kappa shape index (κ2) is 9.41. The van der Waals surface area contributed by atoms with Crippen LogP contribution in [0.4, 0.5) is 8.78 Å². The summed E-state index contributed by atoms with van der Waals surface area (Å²) in [6.45, 7) is 0.986. The molecule has 0 heterocycles. The smallest absolute Gasteiger partial charge is 0.387 e. The summed E-state index contributed by atoms with van der Waals surface area (Å²) in [5, 5.41) is 2.67. The Labute approximate surface area is 150 Å². The van der Waals surface area contributed by atoms with E-state index in [1.54, 1.807) is 36.4 Å². The number of carbonyl (C=O) groups excluding carboxylic acids is 1. The Morgan fingerprint density at radius 1 is 1.19 bits per heavy atom. The number of ether oxygens (including phenoxy) is 3. The molecule has 7 heteroatoms. The highest BCUT2D eigenvalue weighted by Crippen LogP contribution is 2.28. The van der Waals surface area contributed by atoms with Crippen LogP contribution in [-0.2, 0) is 6.54 Å². The van der Waals surface area contributed by atoms with Crippen molar-refractivity contribution >= 4 is 5.91 Å². The van der Waals surface area contributed by atoms with Gasteiger partial charge in [-0.15, -0.1) is 0 Å². The van der Waals surface area contributed by atoms with E-state index in [9.17, 15) is 13.6 Å². The molecule has 0 radical (unpaired) electrons. The zero-order valence-electron chi connectivity index (χ0n) is 14.2. The summed E-state index contributed by atoms with van der Waals surface area (Å²) in [5.41, 5.74) is 0.791. The van der Waals surface area contributed by atoms with Gasteiger partial charge in [0.1, 0.15) is 12.4 Å². The standard InChI is InChI=1S/C19H19F2NO4/c1-3-10-25-16-9-8-13(11-17(16)24-2)18(23)22-12-14-6-4-5-7-15(14)26-19(20)21/h3-9,11,19H,1,10,12H2,2H3,(H,22,23). The van der Waals surface area contributed by atoms with Crippen molar-refractivity contribution in [2.24, 2.45) is 0 Å². The predicted molar refractivity (Wildman–Crippen MR) is 92.9 cm³/mol. The second-order valence-corrected chi connectivity index (χ2v) is 5.13. The maximum atomic E-state index is 12.4. The Balaban J connectivity index is 2.07. The normalized spacial score (nSPS) is 10.3. The average Bonchev–Trinajstić information content (AvgIpc) is 2.64. The molecule has 0 spiro atoms. The van der Waals surface area contributed by atoms with Crippen molar-refractivity contribution in [3.05, 3.63) is 66.2 Å². The number of hydrogen-bond acceptors (Lipinski definition) is 4. The van der Waals surface area contributed by atoms with Gasteiger partial charge in [0.25, 0.3) is 5.91 Å². The highest BCUT2D eigenvalue weighted by atomic mass is 19.3. The van der Waals surface area contributed by atoms with Crippen LogP contribution in [0.15, 0.2) is 55.1 Å². The van der Waals surface area contributed by atoms with E-state index >= 15 is 0 Å². The molecule has 0 aliphatic rings. The Morgan fingerprint density at radius 2 is 1.96 bits per heavy atom. The number of nitrogens with one attached hydrogen (secondary N) is 1. The quantitative estimate of drug-likeness (QED) is 0.689. The zero-order valence-corrected chi connectivity index (χ0v) is 14.2. The van der Waals surface area contributed by atoms with Gasteiger partial charge in [0.05, 0.1) is 7.11 Å². The SMILES string of the molecule is C=CCOc1ccc(C(=O)NCc2ccccc2OC(F)F)cc1OC. The van der Waals surface area contributed by atoms with Crippen LogP contribution in [0.5, 0.6) is 17.2 Å². The van der Waals surface area contributed by atoms with Crippen molar-refractivity contribution in [1.29, 1.82) is 0 Å². The molecule has 2 aromatic rings. The van der Waals surface area contributed by atoms with E-state index in [0.717, 1.165) is 0 Å². The van der Waals surface area contributed by atoms with Crippen molar-refractivity contribution in [2.45, 2.75) is 13.2 Å². The fourth-order valence-electron chi connectivity index (χ4n) is 2.22. The molecule has 0 fully saturated rings. The lowest BCUT2D eigenvalue weighted by Gasteiger charge is -2.13. The van der Waals surface area contributed by atoms with Crippen LogP contribution in [0.2, 0.25) is 0 Å². The lowest BCUT2D eigenvalue weighted by atomic mass is 10.1. The number of amides is 1. The zero-order chi connectivity index (χ0) is 18.9. The van der Waals surface area contributed by atoms with Crippen molar-refractivity contribution in [2.75, 3.05) is 13.7 Å². The number of para-hydroxylation sites is 1. The van der Waals surface area contributed by atoms with E-state index in [0.29, 0.717) is 29.2 Å². The van der Waals surface area contributed by atoms with Gasteiger partial charge in [-0.05, 0) is 24.3 Å². The summed E-state index contributed by atoms with van der Waals surface area (Å²) in [7, 11) is 1.47. The molecular formula is C19H19F2NO4. The van der Waals surface area contributed by atoms with Crippen molar-refractivity contribution in [3.63, 3.8) is 0 Å². The monoisotopic (exact) mass is 363 g/mol. The number of alkyl halides is 2. The largest absolute Gasteiger partial charge is 0.493 e. The van der Waals surface area contributed by atoms with Crippen LogP contribution < -0.4 is 19.5 Å². The molecular weight excluding hydrogens is 344 g/mol. The Morgan fingerprint density at radius 3 is 2.65 bits per heavy atom. The van der Waals surface area contributed by atoms with Crippen LogP contribution in [-0.4, -0.2) is 26.2 Å². The summed E-state index contributed by atoms with van der Waals surface area (Å²) in [6, 6.07) is 11.0. The van der Waals surface area contributed by atoms with E-state index in [2.05, 4.69) is 16.6 Å². The second-order valence-electron chi connectivity index (χ2n) is 5.13. The highest BCUT2D eigenvalue weighted by molar-refractivity contribution is 5.94. The van der Waals surface area contributed by atoms with Gasteiger partial charge in [0.15, 0.2) is 11.5 Å². The molecule has 1 N–H and O–H groups in total. The molecule has 0 unspecified atom stereocenters. The van der Waals surface area contributed by atoms with Crippen LogP contribution in [0.1, 0.15) is 15.9 Å². The van der Waals surface area contributed by atoms with E-state index < -0.39 is 6.61 Å². The molecule has 0 bridgehead atoms. The van der Waals surface area contributed by atoms with Crippen LogP contribution in [0.25, 0.3) is 0 Å². The molecule has 0 atom stereocenters. The molecule has 0 aliphatic carbocycles. The number of carbonyl (C=O) groups is 1. The molecule has 26 heavy (non-hydrogen) atoms. The first-order chi connectivity index (χ1) is 12.5. The number of halogens is 2. The number of rotatable bonds is 9. The van der Waals surface area contributed by atoms with Crippen molar-refractivity contribution in [3.8, 4) is 17.2 Å². The van der Waals surface area contributed by atoms with E-state index in [-0.39, 0.29) is 18.2 Å². The molecule has 0 saturated carbocycles. The number of methoxy groups -OCH3 is 1. The first-order valence-electron chi connectivity index (χ1n) is 7.77. The Hall–Kier alpha value is -3.09. The van der Waals surface area contributed by atoms with Crippen molar-refractivity contribution in [1.82, 2.24) is 5.32 Å². The lowest BCUT2D eigenvalue weighted by Crippen LogP contribution is -2.23. The van der Waals surface area contributed by atoms with Gasteiger partial charge >= 0.3 is 6.61 Å². The third kappa shape index (κ3) is 5.20. The van der Waals surface area contributed by atoms with E-state index in [1.165, 1.54) is 19.2 Å². The summed E-state index contributed by atoms with van der Waals surface area (Å²) >= 11 is 0. The molecule has 1 amide bonds. The van der Waals surface area contributed by atoms with Crippen LogP contribution in [0.3, 0.4) is 0 Å². The molecule has 0 aliphatic heterocycles. The van der Waals surface area contributed by atoms with E-state index in [4.69, 9.17) is 9.47 Å². The molecule has 2 aromatic carbocycles. The molecule has 2 rings (SSSR count). The molecule has 0 aromatic heterocycles. The fraction of sp³-hybridized carbons (Fsp3) is 0.211. The Kier molecular flexibility index (Phi) is 6.96. The minimum absolute atomic E-state index is 0.0218. The highest BCUT2D eigenvalue weighted by Gasteiger charge is 2.13. The van der Waals surface area contributed by atoms with Crippen molar-refractivity contribution < 1.29 is 27.8 Å². The molecule has 0 saturated heterocycles. The minimum atomic E-state index is -2.93. The minimum Gasteiger partial charge on any atom is -0.493 e. The average molecular weight is 363 g/mol. The Bertz CT molecular complexity index is 765. The van der Waals surface area contributed by atoms with Gasteiger partial charge in [0.2, 0.25) is 0 Å². The summed E-state index contributed by atoms with van der Waals surface area (Å²) in [6.07, 6.45) is 1.60. The number of benzene rings is 2. The maximum Gasteiger partial charge on any atom is 0.387 e. The summed E-state index contributed by atoms with van der Waals surface area (Å²) < 4.78 is 40.0. The van der Waals surface area contributed by atoms with Crippen LogP contribution >= 0.6 is 0 Å². The molecule has 5 nitrogen and oxygen atoms in total. The van der Waals surface area contributed by atoms with Gasteiger partial charge in [-0.3, -0.25) is 4.79 Å². The third-order valence-corrected chi connectivity index (χ3v) is 3.41. The molecule has 138 valence electrons. The van der Waals surface area contributed by atoms with Gasteiger partial charge in [0, 0.05) is 17.7 Å². The first-order valence-corrected chi connectivity index (χ1v) is 7.77. The lowest BCUT2D eigenvalue weighted by molar-refractivity contribution is -0.0504. The maximum absolute atomic E-state index is 12.4. The van der Waals surface area contributed by atoms with Gasteiger partial charge in [-0.1, -0.05) is 30.9 Å². The van der Waals surface area contributed by atoms with Gasteiger partial charge in [-0.25, -0.2) is 0 Å². The van der Waals surface area contributed by atoms with E-state index in [1.807, 2.05) is 0 Å². The summed E-state index contributed by atoms with van der Waals surface area (Å²) in [4.78, 5) is 12.3. The topological polar surface area (TPSA) is 56.8 Å².